The molecule has 9 heteroatoms. The minimum absolute atomic E-state index is 0.199. The SMILES string of the molecule is CCOc1cc(Nc2nc(CC)c(C(=O)O)s2)c(OCC)cc1NC(=O)c1ccccc1. The number of carbonyl (C=O) groups is 2. The number of ether oxygens (including phenoxy) is 2. The molecule has 168 valence electrons. The number of anilines is 3. The smallest absolute Gasteiger partial charge is 0.347 e. The van der Waals surface area contributed by atoms with Crippen LogP contribution in [0, 0.1) is 0 Å². The number of nitrogens with zero attached hydrogens (tertiary/aromatic N) is 1. The standard InChI is InChI=1S/C23H25N3O5S/c1-4-15-20(22(28)29)32-23(25-15)26-17-13-18(30-5-2)16(12-19(17)31-6-3)24-21(27)14-10-8-7-9-11-14/h7-13H,4-6H2,1-3H3,(H,24,27)(H,25,26)(H,28,29). The highest BCUT2D eigenvalue weighted by Crippen LogP contribution is 2.39. The molecule has 3 rings (SSSR count). The summed E-state index contributed by atoms with van der Waals surface area (Å²) in [7, 11) is 0. The summed E-state index contributed by atoms with van der Waals surface area (Å²) in [6, 6.07) is 12.3. The Kier molecular flexibility index (Phi) is 7.67. The number of aromatic carboxylic acids is 1. The van der Waals surface area contributed by atoms with Gasteiger partial charge in [-0.2, -0.15) is 0 Å². The van der Waals surface area contributed by atoms with E-state index in [1.165, 1.54) is 0 Å². The maximum atomic E-state index is 12.7. The van der Waals surface area contributed by atoms with E-state index in [2.05, 4.69) is 15.6 Å². The largest absolute Gasteiger partial charge is 0.492 e. The van der Waals surface area contributed by atoms with Crippen LogP contribution in [-0.4, -0.2) is 35.2 Å². The predicted octanol–water partition coefficient (Wildman–Crippen LogP) is 5.20. The van der Waals surface area contributed by atoms with Crippen molar-refractivity contribution in [2.24, 2.45) is 0 Å². The first-order valence-electron chi connectivity index (χ1n) is 10.3. The fourth-order valence-electron chi connectivity index (χ4n) is 3.02. The van der Waals surface area contributed by atoms with Gasteiger partial charge in [0.05, 0.1) is 30.3 Å². The number of aromatic nitrogens is 1. The van der Waals surface area contributed by atoms with Crippen molar-refractivity contribution in [3.8, 4) is 11.5 Å². The van der Waals surface area contributed by atoms with Crippen LogP contribution in [0.3, 0.4) is 0 Å². The molecule has 1 heterocycles. The summed E-state index contributed by atoms with van der Waals surface area (Å²) in [5, 5.41) is 15.9. The molecule has 0 saturated heterocycles. The molecular formula is C23H25N3O5S. The molecule has 3 N–H and O–H groups in total. The van der Waals surface area contributed by atoms with Gasteiger partial charge < -0.3 is 25.2 Å². The number of benzene rings is 2. The lowest BCUT2D eigenvalue weighted by Gasteiger charge is -2.17. The van der Waals surface area contributed by atoms with Crippen LogP contribution in [0.2, 0.25) is 0 Å². The number of aryl methyl sites for hydroxylation is 1. The number of carboxylic acid groups (broad SMARTS) is 1. The van der Waals surface area contributed by atoms with Crippen molar-refractivity contribution in [3.63, 3.8) is 0 Å². The van der Waals surface area contributed by atoms with Crippen LogP contribution in [-0.2, 0) is 6.42 Å². The summed E-state index contributed by atoms with van der Waals surface area (Å²) in [6.45, 7) is 6.34. The third-order valence-corrected chi connectivity index (χ3v) is 5.43. The Bertz CT molecular complexity index is 1100. The fourth-order valence-corrected chi connectivity index (χ4v) is 3.92. The Morgan fingerprint density at radius 2 is 1.62 bits per heavy atom. The van der Waals surface area contributed by atoms with E-state index in [0.717, 1.165) is 11.3 Å². The molecule has 1 amide bonds. The van der Waals surface area contributed by atoms with Crippen molar-refractivity contribution in [2.45, 2.75) is 27.2 Å². The number of rotatable bonds is 10. The number of carboxylic acids is 1. The van der Waals surface area contributed by atoms with Crippen molar-refractivity contribution in [2.75, 3.05) is 23.8 Å². The van der Waals surface area contributed by atoms with E-state index in [9.17, 15) is 14.7 Å². The molecule has 3 aromatic rings. The molecule has 0 aliphatic rings. The van der Waals surface area contributed by atoms with E-state index in [0.29, 0.717) is 58.9 Å². The predicted molar refractivity (Wildman–Crippen MR) is 125 cm³/mol. The summed E-state index contributed by atoms with van der Waals surface area (Å²) >= 11 is 1.06. The van der Waals surface area contributed by atoms with Crippen LogP contribution >= 0.6 is 11.3 Å². The lowest BCUT2D eigenvalue weighted by Crippen LogP contribution is -2.13. The lowest BCUT2D eigenvalue weighted by molar-refractivity contribution is 0.0700. The summed E-state index contributed by atoms with van der Waals surface area (Å²) in [5.74, 6) is -0.349. The number of nitrogens with one attached hydrogen (secondary N) is 2. The number of amides is 1. The van der Waals surface area contributed by atoms with Crippen LogP contribution in [0.25, 0.3) is 0 Å². The van der Waals surface area contributed by atoms with Crippen LogP contribution in [0.5, 0.6) is 11.5 Å². The van der Waals surface area contributed by atoms with Crippen molar-refractivity contribution < 1.29 is 24.2 Å². The highest BCUT2D eigenvalue weighted by Gasteiger charge is 2.19. The van der Waals surface area contributed by atoms with Crippen LogP contribution in [0.4, 0.5) is 16.5 Å². The normalized spacial score (nSPS) is 10.5. The highest BCUT2D eigenvalue weighted by atomic mass is 32.1. The summed E-state index contributed by atoms with van der Waals surface area (Å²) in [4.78, 5) is 28.7. The molecule has 1 aromatic heterocycles. The summed E-state index contributed by atoms with van der Waals surface area (Å²) < 4.78 is 11.5. The van der Waals surface area contributed by atoms with E-state index < -0.39 is 5.97 Å². The maximum Gasteiger partial charge on any atom is 0.347 e. The minimum atomic E-state index is -1.01. The Balaban J connectivity index is 1.97. The van der Waals surface area contributed by atoms with Gasteiger partial charge in [-0.25, -0.2) is 9.78 Å². The monoisotopic (exact) mass is 455 g/mol. The molecule has 0 saturated carbocycles. The van der Waals surface area contributed by atoms with Crippen molar-refractivity contribution in [3.05, 3.63) is 58.6 Å². The van der Waals surface area contributed by atoms with Crippen molar-refractivity contribution >= 4 is 39.7 Å². The molecular weight excluding hydrogens is 430 g/mol. The molecule has 0 aliphatic heterocycles. The third-order valence-electron chi connectivity index (χ3n) is 4.43. The molecule has 0 bridgehead atoms. The van der Waals surface area contributed by atoms with Gasteiger partial charge in [-0.15, -0.1) is 0 Å². The van der Waals surface area contributed by atoms with Crippen LogP contribution in [0.15, 0.2) is 42.5 Å². The number of hydrogen-bond donors (Lipinski definition) is 3. The summed E-state index contributed by atoms with van der Waals surface area (Å²) in [6.07, 6.45) is 0.507. The van der Waals surface area contributed by atoms with Gasteiger partial charge in [0.2, 0.25) is 0 Å². The van der Waals surface area contributed by atoms with Gasteiger partial charge in [0.1, 0.15) is 16.4 Å². The quantitative estimate of drug-likeness (QED) is 0.385. The highest BCUT2D eigenvalue weighted by molar-refractivity contribution is 7.17. The van der Waals surface area contributed by atoms with E-state index in [1.807, 2.05) is 26.8 Å². The molecule has 0 spiro atoms. The zero-order valence-electron chi connectivity index (χ0n) is 18.1. The Labute approximate surface area is 190 Å². The van der Waals surface area contributed by atoms with Gasteiger partial charge in [0, 0.05) is 17.7 Å². The minimum Gasteiger partial charge on any atom is -0.492 e. The molecule has 32 heavy (non-hydrogen) atoms. The van der Waals surface area contributed by atoms with E-state index in [-0.39, 0.29) is 10.8 Å². The van der Waals surface area contributed by atoms with Gasteiger partial charge in [0.15, 0.2) is 5.13 Å². The Hall–Kier alpha value is -3.59. The average molecular weight is 456 g/mol. The number of thiazole rings is 1. The van der Waals surface area contributed by atoms with E-state index >= 15 is 0 Å². The van der Waals surface area contributed by atoms with Gasteiger partial charge >= 0.3 is 5.97 Å². The molecule has 8 nitrogen and oxygen atoms in total. The lowest BCUT2D eigenvalue weighted by atomic mass is 10.2. The second-order valence-corrected chi connectivity index (χ2v) is 7.61. The van der Waals surface area contributed by atoms with Crippen molar-refractivity contribution in [1.29, 1.82) is 0 Å². The first-order valence-corrected chi connectivity index (χ1v) is 11.1. The molecule has 0 atom stereocenters. The Morgan fingerprint density at radius 1 is 1.00 bits per heavy atom. The van der Waals surface area contributed by atoms with Gasteiger partial charge in [-0.3, -0.25) is 4.79 Å². The fraction of sp³-hybridized carbons (Fsp3) is 0.261. The molecule has 0 fully saturated rings. The first-order chi connectivity index (χ1) is 15.5. The number of carbonyl (C=O) groups excluding carboxylic acids is 1. The Morgan fingerprint density at radius 3 is 2.19 bits per heavy atom. The molecule has 2 aromatic carbocycles. The maximum absolute atomic E-state index is 12.7. The number of hydrogen-bond acceptors (Lipinski definition) is 7. The third kappa shape index (κ3) is 5.36. The second kappa shape index (κ2) is 10.6. The molecule has 0 aliphatic carbocycles. The van der Waals surface area contributed by atoms with E-state index in [1.54, 1.807) is 36.4 Å². The van der Waals surface area contributed by atoms with Crippen LogP contribution < -0.4 is 20.1 Å². The van der Waals surface area contributed by atoms with Gasteiger partial charge in [0.25, 0.3) is 5.91 Å². The van der Waals surface area contributed by atoms with Gasteiger partial charge in [-0.1, -0.05) is 36.5 Å². The second-order valence-electron chi connectivity index (χ2n) is 6.61. The zero-order chi connectivity index (χ0) is 23.1. The molecule has 0 radical (unpaired) electrons. The first kappa shape index (κ1) is 23.1. The summed E-state index contributed by atoms with van der Waals surface area (Å²) in [5.41, 5.74) is 2.06. The topological polar surface area (TPSA) is 110 Å². The average Bonchev–Trinajstić information content (AvgIpc) is 3.20. The van der Waals surface area contributed by atoms with E-state index in [4.69, 9.17) is 9.47 Å². The molecule has 0 unspecified atom stereocenters. The van der Waals surface area contributed by atoms with Crippen LogP contribution in [0.1, 0.15) is 46.5 Å². The van der Waals surface area contributed by atoms with Crippen molar-refractivity contribution in [1.82, 2.24) is 4.98 Å². The zero-order valence-corrected chi connectivity index (χ0v) is 18.9. The van der Waals surface area contributed by atoms with Gasteiger partial charge in [-0.05, 0) is 32.4 Å².